The molecule has 0 aromatic rings. The number of piperidine rings is 1. The minimum absolute atomic E-state index is 0.109. The van der Waals surface area contributed by atoms with Gasteiger partial charge in [-0.2, -0.15) is 0 Å². The van der Waals surface area contributed by atoms with E-state index in [0.29, 0.717) is 12.8 Å². The van der Waals surface area contributed by atoms with Crippen LogP contribution in [0.15, 0.2) is 0 Å². The van der Waals surface area contributed by atoms with E-state index in [-0.39, 0.29) is 12.3 Å². The second-order valence-electron chi connectivity index (χ2n) is 5.79. The van der Waals surface area contributed by atoms with Crippen LogP contribution in [0.2, 0.25) is 0 Å². The SMILES string of the molecule is CC1(C)CC(CC(=O)O)CC(C)(C)N1[O-]. The highest BCUT2D eigenvalue weighted by atomic mass is 16.5. The summed E-state index contributed by atoms with van der Waals surface area (Å²) in [6.45, 7) is 7.54. The number of carboxylic acid groups (broad SMARTS) is 1. The minimum atomic E-state index is -0.772. The quantitative estimate of drug-likeness (QED) is 0.765. The average Bonchev–Trinajstić information content (AvgIpc) is 1.97. The molecule has 0 spiro atoms. The number of rotatable bonds is 2. The molecule has 0 radical (unpaired) electrons. The van der Waals surface area contributed by atoms with Gasteiger partial charge in [0.2, 0.25) is 0 Å². The van der Waals surface area contributed by atoms with Crippen molar-refractivity contribution in [1.29, 1.82) is 0 Å². The zero-order valence-corrected chi connectivity index (χ0v) is 9.91. The van der Waals surface area contributed by atoms with Crippen LogP contribution in [0.4, 0.5) is 0 Å². The molecule has 0 aliphatic carbocycles. The number of carboxylic acids is 1. The summed E-state index contributed by atoms with van der Waals surface area (Å²) in [5.41, 5.74) is -0.913. The second kappa shape index (κ2) is 3.76. The molecule has 1 fully saturated rings. The smallest absolute Gasteiger partial charge is 0.303 e. The molecule has 0 unspecified atom stereocenters. The van der Waals surface area contributed by atoms with Gasteiger partial charge in [0, 0.05) is 17.5 Å². The Labute approximate surface area is 90.8 Å². The lowest BCUT2D eigenvalue weighted by Crippen LogP contribution is -2.57. The van der Waals surface area contributed by atoms with E-state index in [0.717, 1.165) is 5.06 Å². The molecule has 1 aliphatic rings. The predicted molar refractivity (Wildman–Crippen MR) is 58.3 cm³/mol. The normalized spacial score (nSPS) is 26.5. The van der Waals surface area contributed by atoms with E-state index in [1.807, 2.05) is 27.7 Å². The van der Waals surface area contributed by atoms with Gasteiger partial charge < -0.3 is 15.4 Å². The standard InChI is InChI=1S/C11H20NO3/c1-10(2)6-8(5-9(13)14)7-11(3,4)12(10)15/h8H,5-7H2,1-4H3,(H,13,14)/q-1. The van der Waals surface area contributed by atoms with Crippen molar-refractivity contribution in [2.45, 2.75) is 58.0 Å². The Kier molecular flexibility index (Phi) is 3.12. The number of hydroxylamine groups is 2. The number of carbonyl (C=O) groups is 1. The first kappa shape index (κ1) is 12.5. The van der Waals surface area contributed by atoms with Crippen molar-refractivity contribution in [2.75, 3.05) is 0 Å². The van der Waals surface area contributed by atoms with Crippen molar-refractivity contribution in [1.82, 2.24) is 5.06 Å². The molecule has 0 atom stereocenters. The summed E-state index contributed by atoms with van der Waals surface area (Å²) in [6.07, 6.45) is 1.49. The van der Waals surface area contributed by atoms with Crippen LogP contribution in [-0.2, 0) is 4.79 Å². The van der Waals surface area contributed by atoms with Gasteiger partial charge in [0.15, 0.2) is 0 Å². The Morgan fingerprint density at radius 2 is 1.73 bits per heavy atom. The lowest BCUT2D eigenvalue weighted by molar-refractivity contribution is -0.139. The molecule has 1 N–H and O–H groups in total. The van der Waals surface area contributed by atoms with Crippen LogP contribution in [0, 0.1) is 11.1 Å². The molecule has 0 aromatic carbocycles. The van der Waals surface area contributed by atoms with E-state index in [1.165, 1.54) is 0 Å². The third-order valence-corrected chi connectivity index (χ3v) is 3.14. The third kappa shape index (κ3) is 2.69. The highest BCUT2D eigenvalue weighted by Gasteiger charge is 2.40. The van der Waals surface area contributed by atoms with Gasteiger partial charge in [-0.25, -0.2) is 0 Å². The summed E-state index contributed by atoms with van der Waals surface area (Å²) in [5.74, 6) is -0.663. The lowest BCUT2D eigenvalue weighted by Gasteiger charge is -2.60. The average molecular weight is 214 g/mol. The van der Waals surface area contributed by atoms with Crippen molar-refractivity contribution in [3.8, 4) is 0 Å². The van der Waals surface area contributed by atoms with Gasteiger partial charge in [0.05, 0.1) is 0 Å². The fraction of sp³-hybridized carbons (Fsp3) is 0.909. The van der Waals surface area contributed by atoms with Gasteiger partial charge in [0.25, 0.3) is 0 Å². The third-order valence-electron chi connectivity index (χ3n) is 3.14. The molecular formula is C11H20NO3-. The maximum atomic E-state index is 12.0. The summed E-state index contributed by atoms with van der Waals surface area (Å²) < 4.78 is 0. The Morgan fingerprint density at radius 3 is 2.07 bits per heavy atom. The Bertz CT molecular complexity index is 243. The molecular weight excluding hydrogens is 194 g/mol. The number of hydrogen-bond acceptors (Lipinski definition) is 3. The van der Waals surface area contributed by atoms with Crippen LogP contribution in [0.3, 0.4) is 0 Å². The first-order valence-electron chi connectivity index (χ1n) is 5.34. The molecule has 4 nitrogen and oxygen atoms in total. The van der Waals surface area contributed by atoms with Gasteiger partial charge in [0.1, 0.15) is 0 Å². The molecule has 1 rings (SSSR count). The number of aliphatic carboxylic acids is 1. The summed E-state index contributed by atoms with van der Waals surface area (Å²) >= 11 is 0. The lowest BCUT2D eigenvalue weighted by atomic mass is 9.74. The Morgan fingerprint density at radius 1 is 1.33 bits per heavy atom. The van der Waals surface area contributed by atoms with Gasteiger partial charge in [-0.05, 0) is 46.5 Å². The molecule has 1 saturated heterocycles. The van der Waals surface area contributed by atoms with Crippen molar-refractivity contribution in [2.24, 2.45) is 5.92 Å². The zero-order chi connectivity index (χ0) is 11.9. The summed E-state index contributed by atoms with van der Waals surface area (Å²) in [4.78, 5) is 10.7. The van der Waals surface area contributed by atoms with Gasteiger partial charge >= 0.3 is 5.97 Å². The molecule has 15 heavy (non-hydrogen) atoms. The van der Waals surface area contributed by atoms with Crippen LogP contribution < -0.4 is 0 Å². The Hall–Kier alpha value is -0.610. The van der Waals surface area contributed by atoms with E-state index >= 15 is 0 Å². The topological polar surface area (TPSA) is 63.6 Å². The molecule has 1 heterocycles. The van der Waals surface area contributed by atoms with E-state index in [1.54, 1.807) is 0 Å². The maximum absolute atomic E-state index is 12.0. The number of hydrogen-bond donors (Lipinski definition) is 1. The highest BCUT2D eigenvalue weighted by Crippen LogP contribution is 2.41. The first-order chi connectivity index (χ1) is 6.65. The molecule has 0 amide bonds. The van der Waals surface area contributed by atoms with Gasteiger partial charge in [-0.1, -0.05) is 0 Å². The van der Waals surface area contributed by atoms with E-state index in [4.69, 9.17) is 5.11 Å². The molecule has 0 aromatic heterocycles. The van der Waals surface area contributed by atoms with Crippen LogP contribution in [0.1, 0.15) is 47.0 Å². The van der Waals surface area contributed by atoms with E-state index in [9.17, 15) is 10.0 Å². The largest absolute Gasteiger partial charge is 0.784 e. The minimum Gasteiger partial charge on any atom is -0.784 e. The molecule has 88 valence electrons. The molecule has 4 heteroatoms. The maximum Gasteiger partial charge on any atom is 0.303 e. The van der Waals surface area contributed by atoms with Crippen molar-refractivity contribution in [3.05, 3.63) is 5.21 Å². The van der Waals surface area contributed by atoms with Crippen molar-refractivity contribution < 1.29 is 9.90 Å². The van der Waals surface area contributed by atoms with Gasteiger partial charge in [-0.15, -0.1) is 0 Å². The van der Waals surface area contributed by atoms with Crippen molar-refractivity contribution in [3.63, 3.8) is 0 Å². The molecule has 1 aliphatic heterocycles. The van der Waals surface area contributed by atoms with Crippen molar-refractivity contribution >= 4 is 5.97 Å². The highest BCUT2D eigenvalue weighted by molar-refractivity contribution is 5.67. The monoisotopic (exact) mass is 214 g/mol. The zero-order valence-electron chi connectivity index (χ0n) is 9.91. The Balaban J connectivity index is 2.79. The summed E-state index contributed by atoms with van der Waals surface area (Å²) in [6, 6.07) is 0. The van der Waals surface area contributed by atoms with Crippen LogP contribution in [0.25, 0.3) is 0 Å². The first-order valence-corrected chi connectivity index (χ1v) is 5.34. The fourth-order valence-electron chi connectivity index (χ4n) is 2.86. The summed E-state index contributed by atoms with van der Waals surface area (Å²) in [5, 5.41) is 21.9. The van der Waals surface area contributed by atoms with Crippen LogP contribution in [0.5, 0.6) is 0 Å². The molecule has 0 saturated carbocycles. The van der Waals surface area contributed by atoms with Gasteiger partial charge in [-0.3, -0.25) is 4.79 Å². The second-order valence-corrected chi connectivity index (χ2v) is 5.79. The fourth-order valence-corrected chi connectivity index (χ4v) is 2.86. The van der Waals surface area contributed by atoms with E-state index in [2.05, 4.69) is 0 Å². The van der Waals surface area contributed by atoms with Crippen LogP contribution in [-0.4, -0.2) is 27.2 Å². The molecule has 0 bridgehead atoms. The summed E-state index contributed by atoms with van der Waals surface area (Å²) in [7, 11) is 0. The van der Waals surface area contributed by atoms with E-state index < -0.39 is 17.0 Å². The van der Waals surface area contributed by atoms with Crippen LogP contribution >= 0.6 is 0 Å². The number of nitrogens with zero attached hydrogens (tertiary/aromatic N) is 1. The predicted octanol–water partition coefficient (Wildman–Crippen LogP) is 2.23.